The Morgan fingerprint density at radius 1 is 1.00 bits per heavy atom. The summed E-state index contributed by atoms with van der Waals surface area (Å²) in [7, 11) is -2.06. The number of hydrogen-bond acceptors (Lipinski definition) is 5. The van der Waals surface area contributed by atoms with Crippen molar-refractivity contribution in [1.82, 2.24) is 0 Å². The van der Waals surface area contributed by atoms with Crippen LogP contribution in [0.4, 0.5) is 8.78 Å². The highest BCUT2D eigenvalue weighted by molar-refractivity contribution is 7.90. The highest BCUT2D eigenvalue weighted by atomic mass is 32.2. The van der Waals surface area contributed by atoms with E-state index in [-0.39, 0.29) is 16.0 Å². The monoisotopic (exact) mass is 394 g/mol. The summed E-state index contributed by atoms with van der Waals surface area (Å²) in [6.07, 6.45) is 1.08. The van der Waals surface area contributed by atoms with E-state index in [2.05, 4.69) is 0 Å². The van der Waals surface area contributed by atoms with Crippen molar-refractivity contribution in [3.05, 3.63) is 65.2 Å². The first-order chi connectivity index (χ1) is 12.6. The van der Waals surface area contributed by atoms with Gasteiger partial charge in [-0.05, 0) is 35.4 Å². The van der Waals surface area contributed by atoms with Crippen LogP contribution in [-0.4, -0.2) is 33.5 Å². The Labute approximate surface area is 155 Å². The van der Waals surface area contributed by atoms with Crippen molar-refractivity contribution in [3.63, 3.8) is 0 Å². The molecule has 5 nitrogen and oxygen atoms in total. The summed E-state index contributed by atoms with van der Waals surface area (Å²) < 4.78 is 61.0. The number of sulfone groups is 1. The van der Waals surface area contributed by atoms with Crippen molar-refractivity contribution in [2.75, 3.05) is 13.4 Å². The number of benzene rings is 2. The first-order valence-electron chi connectivity index (χ1n) is 7.86. The molecule has 0 bridgehead atoms. The van der Waals surface area contributed by atoms with Crippen molar-refractivity contribution in [3.8, 4) is 0 Å². The first-order valence-corrected chi connectivity index (χ1v) is 9.75. The normalized spacial score (nSPS) is 20.1. The van der Waals surface area contributed by atoms with Crippen molar-refractivity contribution in [1.29, 1.82) is 0 Å². The van der Waals surface area contributed by atoms with Crippen LogP contribution in [0.15, 0.2) is 47.4 Å². The lowest BCUT2D eigenvalue weighted by Crippen LogP contribution is -2.29. The summed E-state index contributed by atoms with van der Waals surface area (Å²) in [4.78, 5) is 12.6. The highest BCUT2D eigenvalue weighted by Crippen LogP contribution is 2.44. The molecule has 1 heterocycles. The summed E-state index contributed by atoms with van der Waals surface area (Å²) in [6, 6.07) is 8.87. The van der Waals surface area contributed by atoms with Crippen molar-refractivity contribution < 1.29 is 31.5 Å². The molecule has 1 atom stereocenters. The molecule has 1 unspecified atom stereocenters. The fourth-order valence-corrected chi connectivity index (χ4v) is 3.57. The highest BCUT2D eigenvalue weighted by Gasteiger charge is 2.45. The van der Waals surface area contributed by atoms with E-state index in [4.69, 9.17) is 9.47 Å². The molecule has 142 valence electrons. The zero-order valence-corrected chi connectivity index (χ0v) is 15.6. The maximum atomic E-state index is 13.7. The van der Waals surface area contributed by atoms with E-state index in [1.165, 1.54) is 44.4 Å². The Bertz CT molecular complexity index is 1060. The predicted octanol–water partition coefficient (Wildman–Crippen LogP) is 3.20. The molecule has 0 spiro atoms. The largest absolute Gasteiger partial charge is 0.425 e. The molecular formula is C19H16F2O5S. The summed E-state index contributed by atoms with van der Waals surface area (Å²) in [5, 5.41) is 0. The number of ether oxygens (including phenoxy) is 2. The molecule has 27 heavy (non-hydrogen) atoms. The standard InChI is InChI=1S/C19H16F2O5S/c1-19(25-2)17(11-4-7-13(8-5-11)27(3,23)24)16(18(22)26-19)12-6-9-14(20)15(21)10-12/h4-10H,1-3H3. The molecule has 0 amide bonds. The number of hydrogen-bond donors (Lipinski definition) is 0. The molecule has 0 radical (unpaired) electrons. The average Bonchev–Trinajstić information content (AvgIpc) is 2.88. The lowest BCUT2D eigenvalue weighted by atomic mass is 9.91. The van der Waals surface area contributed by atoms with Gasteiger partial charge in [0.05, 0.1) is 10.5 Å². The second kappa shape index (κ2) is 6.54. The molecule has 0 saturated heterocycles. The Morgan fingerprint density at radius 3 is 2.11 bits per heavy atom. The second-order valence-corrected chi connectivity index (χ2v) is 8.23. The van der Waals surface area contributed by atoms with Gasteiger partial charge in [0.15, 0.2) is 21.5 Å². The number of carbonyl (C=O) groups excluding carboxylic acids is 1. The quantitative estimate of drug-likeness (QED) is 0.745. The molecule has 8 heteroatoms. The molecule has 0 fully saturated rings. The Morgan fingerprint density at radius 2 is 1.59 bits per heavy atom. The Hall–Kier alpha value is -2.58. The minimum Gasteiger partial charge on any atom is -0.425 e. The molecule has 2 aromatic carbocycles. The van der Waals surface area contributed by atoms with Crippen LogP contribution in [0, 0.1) is 11.6 Å². The average molecular weight is 394 g/mol. The van der Waals surface area contributed by atoms with Gasteiger partial charge in [0.2, 0.25) is 5.79 Å². The number of rotatable bonds is 4. The zero-order chi connectivity index (χ0) is 20.0. The maximum Gasteiger partial charge on any atom is 0.342 e. The van der Waals surface area contributed by atoms with E-state index in [0.29, 0.717) is 11.1 Å². The second-order valence-electron chi connectivity index (χ2n) is 6.21. The van der Waals surface area contributed by atoms with Gasteiger partial charge in [-0.2, -0.15) is 0 Å². The van der Waals surface area contributed by atoms with E-state index in [0.717, 1.165) is 18.4 Å². The summed E-state index contributed by atoms with van der Waals surface area (Å²) in [6.45, 7) is 1.51. The van der Waals surface area contributed by atoms with E-state index in [1.54, 1.807) is 0 Å². The van der Waals surface area contributed by atoms with Gasteiger partial charge >= 0.3 is 5.97 Å². The van der Waals surface area contributed by atoms with Gasteiger partial charge < -0.3 is 9.47 Å². The lowest BCUT2D eigenvalue weighted by molar-refractivity contribution is -0.178. The van der Waals surface area contributed by atoms with Crippen LogP contribution < -0.4 is 0 Å². The molecule has 0 N–H and O–H groups in total. The van der Waals surface area contributed by atoms with Crippen LogP contribution in [0.25, 0.3) is 11.1 Å². The Kier molecular flexibility index (Phi) is 4.65. The number of esters is 1. The topological polar surface area (TPSA) is 69.7 Å². The van der Waals surface area contributed by atoms with Crippen LogP contribution in [-0.2, 0) is 24.1 Å². The Balaban J connectivity index is 2.25. The van der Waals surface area contributed by atoms with Crippen LogP contribution in [0.3, 0.4) is 0 Å². The SMILES string of the molecule is COC1(C)OC(=O)C(c2ccc(F)c(F)c2)=C1c1ccc(S(C)(=O)=O)cc1. The molecule has 2 aromatic rings. The zero-order valence-electron chi connectivity index (χ0n) is 14.7. The van der Waals surface area contributed by atoms with Crippen molar-refractivity contribution in [2.24, 2.45) is 0 Å². The minimum absolute atomic E-state index is 0.0188. The summed E-state index contributed by atoms with van der Waals surface area (Å²) in [5.41, 5.74) is 0.894. The molecule has 1 aliphatic heterocycles. The number of cyclic esters (lactones) is 1. The van der Waals surface area contributed by atoms with Gasteiger partial charge in [-0.25, -0.2) is 22.0 Å². The fraction of sp³-hybridized carbons (Fsp3) is 0.211. The van der Waals surface area contributed by atoms with Crippen LogP contribution in [0.1, 0.15) is 18.1 Å². The third-order valence-corrected chi connectivity index (χ3v) is 5.49. The van der Waals surface area contributed by atoms with Crippen LogP contribution in [0.5, 0.6) is 0 Å². The van der Waals surface area contributed by atoms with E-state index in [9.17, 15) is 22.0 Å². The minimum atomic E-state index is -3.40. The number of methoxy groups -OCH3 is 1. The number of halogens is 2. The summed E-state index contributed by atoms with van der Waals surface area (Å²) in [5.74, 6) is -4.37. The molecular weight excluding hydrogens is 378 g/mol. The number of carbonyl (C=O) groups is 1. The van der Waals surface area contributed by atoms with Gasteiger partial charge in [-0.15, -0.1) is 0 Å². The van der Waals surface area contributed by atoms with Crippen LogP contribution >= 0.6 is 0 Å². The van der Waals surface area contributed by atoms with Gasteiger partial charge in [0.25, 0.3) is 0 Å². The van der Waals surface area contributed by atoms with E-state index in [1.807, 2.05) is 0 Å². The first kappa shape index (κ1) is 19.2. The van der Waals surface area contributed by atoms with E-state index >= 15 is 0 Å². The predicted molar refractivity (Wildman–Crippen MR) is 94.2 cm³/mol. The smallest absolute Gasteiger partial charge is 0.342 e. The van der Waals surface area contributed by atoms with Gasteiger partial charge in [-0.3, -0.25) is 0 Å². The molecule has 0 saturated carbocycles. The third kappa shape index (κ3) is 3.38. The van der Waals surface area contributed by atoms with Crippen LogP contribution in [0.2, 0.25) is 0 Å². The van der Waals surface area contributed by atoms with Crippen molar-refractivity contribution >= 4 is 27.0 Å². The van der Waals surface area contributed by atoms with E-state index < -0.39 is 33.2 Å². The lowest BCUT2D eigenvalue weighted by Gasteiger charge is -2.25. The maximum absolute atomic E-state index is 13.7. The van der Waals surface area contributed by atoms with Gasteiger partial charge in [-0.1, -0.05) is 18.2 Å². The summed E-state index contributed by atoms with van der Waals surface area (Å²) >= 11 is 0. The van der Waals surface area contributed by atoms with Gasteiger partial charge in [0, 0.05) is 25.9 Å². The third-order valence-electron chi connectivity index (χ3n) is 4.36. The molecule has 0 aromatic heterocycles. The molecule has 3 rings (SSSR count). The molecule has 0 aliphatic carbocycles. The molecule has 1 aliphatic rings. The van der Waals surface area contributed by atoms with Gasteiger partial charge in [0.1, 0.15) is 0 Å². The fourth-order valence-electron chi connectivity index (χ4n) is 2.94. The van der Waals surface area contributed by atoms with Crippen molar-refractivity contribution in [2.45, 2.75) is 17.6 Å².